The topological polar surface area (TPSA) is 78.4 Å². The van der Waals surface area contributed by atoms with Crippen molar-refractivity contribution >= 4 is 23.2 Å². The average Bonchev–Trinajstić information content (AvgIpc) is 2.53. The first kappa shape index (κ1) is 19.5. The molecule has 0 bridgehead atoms. The van der Waals surface area contributed by atoms with E-state index in [4.69, 9.17) is 0 Å². The lowest BCUT2D eigenvalue weighted by Crippen LogP contribution is -2.27. The number of nitrogens with one attached hydrogen (secondary N) is 2. The fraction of sp³-hybridized carbons (Fsp3) is 0.333. The molecule has 0 aliphatic heterocycles. The van der Waals surface area contributed by atoms with Gasteiger partial charge in [0.05, 0.1) is 5.56 Å². The van der Waals surface area contributed by atoms with Crippen molar-refractivity contribution in [2.75, 3.05) is 10.6 Å². The molecule has 2 amide bonds. The highest BCUT2D eigenvalue weighted by atomic mass is 16.3. The smallest absolute Gasteiger partial charge is 0.259 e. The zero-order chi connectivity index (χ0) is 19.5. The number of anilines is 2. The highest BCUT2D eigenvalue weighted by molar-refractivity contribution is 6.06. The number of carbonyl (C=O) groups is 2. The Kier molecular flexibility index (Phi) is 5.70. The van der Waals surface area contributed by atoms with Crippen molar-refractivity contribution in [3.8, 4) is 5.75 Å². The van der Waals surface area contributed by atoms with Crippen molar-refractivity contribution in [3.05, 3.63) is 53.6 Å². The Balaban J connectivity index is 2.15. The standard InChI is InChI=1S/C21H26N2O3/c1-13(2)14-9-10-17(18(24)11-14)19(25)22-15-7-6-8-16(12-15)23-20(26)21(3,4)5/h6-13,24H,1-5H3,(H,22,25)(H,23,26). The predicted octanol–water partition coefficient (Wildman–Crippen LogP) is 4.75. The lowest BCUT2D eigenvalue weighted by atomic mass is 9.95. The average molecular weight is 354 g/mol. The molecule has 0 heterocycles. The third-order valence-electron chi connectivity index (χ3n) is 3.99. The number of hydrogen-bond acceptors (Lipinski definition) is 3. The van der Waals surface area contributed by atoms with E-state index in [0.717, 1.165) is 5.56 Å². The molecule has 0 fully saturated rings. The van der Waals surface area contributed by atoms with Gasteiger partial charge in [-0.2, -0.15) is 0 Å². The summed E-state index contributed by atoms with van der Waals surface area (Å²) >= 11 is 0. The van der Waals surface area contributed by atoms with Crippen LogP contribution in [0.1, 0.15) is 56.5 Å². The van der Waals surface area contributed by atoms with Crippen LogP contribution in [-0.4, -0.2) is 16.9 Å². The highest BCUT2D eigenvalue weighted by Gasteiger charge is 2.21. The van der Waals surface area contributed by atoms with Crippen LogP contribution in [0.25, 0.3) is 0 Å². The molecular formula is C21H26N2O3. The summed E-state index contributed by atoms with van der Waals surface area (Å²) in [4.78, 5) is 24.5. The maximum absolute atomic E-state index is 12.5. The number of rotatable bonds is 4. The summed E-state index contributed by atoms with van der Waals surface area (Å²) < 4.78 is 0. The van der Waals surface area contributed by atoms with E-state index in [1.54, 1.807) is 36.4 Å². The second kappa shape index (κ2) is 7.60. The van der Waals surface area contributed by atoms with Gasteiger partial charge in [-0.1, -0.05) is 46.8 Å². The van der Waals surface area contributed by atoms with Crippen molar-refractivity contribution < 1.29 is 14.7 Å². The molecule has 5 heteroatoms. The lowest BCUT2D eigenvalue weighted by Gasteiger charge is -2.18. The molecule has 138 valence electrons. The minimum atomic E-state index is -0.511. The molecule has 0 radical (unpaired) electrons. The second-order valence-electron chi connectivity index (χ2n) is 7.67. The monoisotopic (exact) mass is 354 g/mol. The molecule has 2 aromatic rings. The number of hydrogen-bond donors (Lipinski definition) is 3. The molecule has 0 saturated heterocycles. The Bertz CT molecular complexity index is 820. The van der Waals surface area contributed by atoms with Crippen molar-refractivity contribution in [2.45, 2.75) is 40.5 Å². The largest absolute Gasteiger partial charge is 0.507 e. The van der Waals surface area contributed by atoms with Gasteiger partial charge < -0.3 is 15.7 Å². The van der Waals surface area contributed by atoms with Gasteiger partial charge in [0, 0.05) is 16.8 Å². The third kappa shape index (κ3) is 4.85. The van der Waals surface area contributed by atoms with Gasteiger partial charge in [-0.3, -0.25) is 9.59 Å². The van der Waals surface area contributed by atoms with Crippen molar-refractivity contribution in [3.63, 3.8) is 0 Å². The molecular weight excluding hydrogens is 328 g/mol. The number of benzene rings is 2. The SMILES string of the molecule is CC(C)c1ccc(C(=O)Nc2cccc(NC(=O)C(C)(C)C)c2)c(O)c1. The summed E-state index contributed by atoms with van der Waals surface area (Å²) in [5, 5.41) is 15.7. The van der Waals surface area contributed by atoms with Gasteiger partial charge in [0.25, 0.3) is 5.91 Å². The molecule has 0 aromatic heterocycles. The van der Waals surface area contributed by atoms with Crippen LogP contribution in [-0.2, 0) is 4.79 Å². The van der Waals surface area contributed by atoms with Crippen LogP contribution in [0.5, 0.6) is 5.75 Å². The van der Waals surface area contributed by atoms with Crippen LogP contribution in [0.3, 0.4) is 0 Å². The van der Waals surface area contributed by atoms with Gasteiger partial charge in [-0.25, -0.2) is 0 Å². The minimum absolute atomic E-state index is 0.0501. The summed E-state index contributed by atoms with van der Waals surface area (Å²) in [5.74, 6) is -0.299. The molecule has 3 N–H and O–H groups in total. The van der Waals surface area contributed by atoms with Gasteiger partial charge in [-0.05, 0) is 41.8 Å². The fourth-order valence-corrected chi connectivity index (χ4v) is 2.29. The van der Waals surface area contributed by atoms with E-state index in [9.17, 15) is 14.7 Å². The molecule has 5 nitrogen and oxygen atoms in total. The van der Waals surface area contributed by atoms with Crippen LogP contribution in [0.2, 0.25) is 0 Å². The Morgan fingerprint density at radius 2 is 1.58 bits per heavy atom. The maximum Gasteiger partial charge on any atom is 0.259 e. The number of carbonyl (C=O) groups excluding carboxylic acids is 2. The first-order valence-electron chi connectivity index (χ1n) is 8.63. The highest BCUT2D eigenvalue weighted by Crippen LogP contribution is 2.25. The van der Waals surface area contributed by atoms with E-state index in [2.05, 4.69) is 10.6 Å². The zero-order valence-corrected chi connectivity index (χ0v) is 15.9. The molecule has 0 atom stereocenters. The van der Waals surface area contributed by atoms with Crippen LogP contribution in [0.15, 0.2) is 42.5 Å². The minimum Gasteiger partial charge on any atom is -0.507 e. The van der Waals surface area contributed by atoms with Crippen LogP contribution in [0.4, 0.5) is 11.4 Å². The second-order valence-corrected chi connectivity index (χ2v) is 7.67. The quantitative estimate of drug-likeness (QED) is 0.741. The number of aromatic hydroxyl groups is 1. The Hall–Kier alpha value is -2.82. The van der Waals surface area contributed by atoms with E-state index < -0.39 is 11.3 Å². The molecule has 0 saturated carbocycles. The summed E-state index contributed by atoms with van der Waals surface area (Å²) in [6, 6.07) is 12.0. The molecule has 0 aliphatic carbocycles. The number of phenols is 1. The Labute approximate surface area is 154 Å². The van der Waals surface area contributed by atoms with Gasteiger partial charge >= 0.3 is 0 Å². The molecule has 0 aliphatic rings. The summed E-state index contributed by atoms with van der Waals surface area (Å²) in [5.41, 5.74) is 1.80. The third-order valence-corrected chi connectivity index (χ3v) is 3.99. The fourth-order valence-electron chi connectivity index (χ4n) is 2.29. The Morgan fingerprint density at radius 1 is 0.962 bits per heavy atom. The van der Waals surface area contributed by atoms with E-state index in [0.29, 0.717) is 11.4 Å². The van der Waals surface area contributed by atoms with Crippen molar-refractivity contribution in [1.29, 1.82) is 0 Å². The maximum atomic E-state index is 12.5. The summed E-state index contributed by atoms with van der Waals surface area (Å²) in [7, 11) is 0. The lowest BCUT2D eigenvalue weighted by molar-refractivity contribution is -0.123. The van der Waals surface area contributed by atoms with Gasteiger partial charge in [-0.15, -0.1) is 0 Å². The van der Waals surface area contributed by atoms with Crippen molar-refractivity contribution in [1.82, 2.24) is 0 Å². The number of phenolic OH excluding ortho intramolecular Hbond substituents is 1. The summed E-state index contributed by atoms with van der Waals surface area (Å²) in [6.07, 6.45) is 0. The van der Waals surface area contributed by atoms with Crippen LogP contribution < -0.4 is 10.6 Å². The van der Waals surface area contributed by atoms with E-state index in [-0.39, 0.29) is 23.1 Å². The molecule has 0 unspecified atom stereocenters. The van der Waals surface area contributed by atoms with E-state index in [1.807, 2.05) is 40.7 Å². The van der Waals surface area contributed by atoms with Gasteiger partial charge in [0.15, 0.2) is 0 Å². The number of amides is 2. The van der Waals surface area contributed by atoms with Crippen LogP contribution >= 0.6 is 0 Å². The zero-order valence-electron chi connectivity index (χ0n) is 15.9. The van der Waals surface area contributed by atoms with E-state index >= 15 is 0 Å². The van der Waals surface area contributed by atoms with Gasteiger partial charge in [0.1, 0.15) is 5.75 Å². The van der Waals surface area contributed by atoms with Crippen LogP contribution in [0, 0.1) is 5.41 Å². The molecule has 2 rings (SSSR count). The molecule has 26 heavy (non-hydrogen) atoms. The normalized spacial score (nSPS) is 11.3. The van der Waals surface area contributed by atoms with E-state index in [1.165, 1.54) is 0 Å². The molecule has 2 aromatic carbocycles. The first-order chi connectivity index (χ1) is 12.1. The van der Waals surface area contributed by atoms with Crippen molar-refractivity contribution in [2.24, 2.45) is 5.41 Å². The predicted molar refractivity (Wildman–Crippen MR) is 105 cm³/mol. The molecule has 0 spiro atoms. The summed E-state index contributed by atoms with van der Waals surface area (Å²) in [6.45, 7) is 9.53. The van der Waals surface area contributed by atoms with Gasteiger partial charge in [0.2, 0.25) is 5.91 Å². The first-order valence-corrected chi connectivity index (χ1v) is 8.63. The Morgan fingerprint density at radius 3 is 2.12 bits per heavy atom.